The molecule has 36 valence electrons. The number of nitrogens with zero attached hydrogens (tertiary/aromatic N) is 1. The molecule has 0 atom stereocenters. The zero-order valence-electron chi connectivity index (χ0n) is 2.12. The summed E-state index contributed by atoms with van der Waals surface area (Å²) in [6.07, 6.45) is 0. The Bertz CT molecular complexity index is 37.9. The molecule has 0 aromatic rings. The van der Waals surface area contributed by atoms with E-state index in [1.54, 1.807) is 0 Å². The Labute approximate surface area is 104 Å². The van der Waals surface area contributed by atoms with Gasteiger partial charge in [-0.2, -0.15) is 0 Å². The second kappa shape index (κ2) is 15.7. The summed E-state index contributed by atoms with van der Waals surface area (Å²) in [5, 5.41) is 13.6. The van der Waals surface area contributed by atoms with Gasteiger partial charge in [-0.3, -0.25) is 4.70 Å². The topological polar surface area (TPSA) is 63.4 Å². The van der Waals surface area contributed by atoms with Gasteiger partial charge in [-0.25, -0.2) is 0 Å². The van der Waals surface area contributed by atoms with Crippen LogP contribution in [0.2, 0.25) is 0 Å². The molecule has 0 spiro atoms. The molecule has 0 unspecified atom stereocenters. The van der Waals surface area contributed by atoms with Crippen molar-refractivity contribution in [1.82, 2.24) is 0 Å². The number of hydrogen-bond donors (Lipinski definition) is 1. The quantitative estimate of drug-likeness (QED) is 0.258. The summed E-state index contributed by atoms with van der Waals surface area (Å²) < 4.78 is 0. The second-order valence-corrected chi connectivity index (χ2v) is 0.238. The van der Waals surface area contributed by atoms with Gasteiger partial charge in [0.05, 0.1) is 0 Å². The first kappa shape index (κ1) is 23.3. The zero-order valence-corrected chi connectivity index (χ0v) is 2.12. The van der Waals surface area contributed by atoms with E-state index in [-0.39, 0.29) is 85.6 Å². The van der Waals surface area contributed by atoms with E-state index < -0.39 is 5.09 Å². The predicted molar refractivity (Wildman–Crippen MR) is 25.6 cm³/mol. The summed E-state index contributed by atoms with van der Waals surface area (Å²) in [5.74, 6) is 0. The van der Waals surface area contributed by atoms with Crippen LogP contribution in [0.25, 0.3) is 0 Å². The predicted octanol–water partition coefficient (Wildman–Crippen LogP) is -1.49. The van der Waals surface area contributed by atoms with Gasteiger partial charge in [0.25, 0.3) is 5.09 Å². The molecule has 0 aromatic carbocycles. The molecule has 0 saturated carbocycles. The van der Waals surface area contributed by atoms with Gasteiger partial charge in [0.15, 0.2) is 0 Å². The summed E-state index contributed by atoms with van der Waals surface area (Å²) in [6, 6.07) is 0. The maximum absolute atomic E-state index is 8.36. The van der Waals surface area contributed by atoms with E-state index in [1.807, 2.05) is 0 Å². The van der Waals surface area contributed by atoms with Crippen molar-refractivity contribution in [1.29, 1.82) is 0 Å². The summed E-state index contributed by atoms with van der Waals surface area (Å²) in [4.78, 5) is 8.36. The standard InChI is InChI=1S/FH.K.HNO3.Na.2H/c;;2-1(3)4;;;/h1H;;(H,2,3,4);;;. The fraction of sp³-hybridized carbons (Fsp3) is 0. The Morgan fingerprint density at radius 3 is 1.57 bits per heavy atom. The molecule has 0 aromatic heterocycles. The van der Waals surface area contributed by atoms with Crippen molar-refractivity contribution in [2.75, 3.05) is 0 Å². The Morgan fingerprint density at radius 2 is 1.57 bits per heavy atom. The molecular formula is H4FKNNaO3. The third-order valence-corrected chi connectivity index (χ3v) is 0. The van der Waals surface area contributed by atoms with E-state index in [4.69, 9.17) is 15.3 Å². The van der Waals surface area contributed by atoms with E-state index >= 15 is 0 Å². The normalized spacial score (nSPS) is 3.43. The SMILES string of the molecule is F.O=[N+]([O-])O.[KH].[NaH]. The maximum atomic E-state index is 8.36. The number of halogens is 1. The molecule has 0 heterocycles. The van der Waals surface area contributed by atoms with Crippen LogP contribution in [0.15, 0.2) is 0 Å². The molecular weight excluding hydrogens is 143 g/mol. The van der Waals surface area contributed by atoms with Gasteiger partial charge in [-0.05, 0) is 0 Å². The first-order valence-corrected chi connectivity index (χ1v) is 0.565. The number of rotatable bonds is 0. The van der Waals surface area contributed by atoms with Crippen LogP contribution in [0.3, 0.4) is 0 Å². The Hall–Kier alpha value is 1.77. The summed E-state index contributed by atoms with van der Waals surface area (Å²) in [7, 11) is 0. The summed E-state index contributed by atoms with van der Waals surface area (Å²) in [6.45, 7) is 0. The van der Waals surface area contributed by atoms with Crippen molar-refractivity contribution >= 4 is 80.9 Å². The fourth-order valence-electron chi connectivity index (χ4n) is 0. The number of hydrogen-bond acceptors (Lipinski definition) is 2. The minimum atomic E-state index is -1.50. The third kappa shape index (κ3) is 82.8. The first-order chi connectivity index (χ1) is 1.73. The van der Waals surface area contributed by atoms with Crippen molar-refractivity contribution < 1.29 is 15.0 Å². The van der Waals surface area contributed by atoms with Gasteiger partial charge in [0, 0.05) is 0 Å². The summed E-state index contributed by atoms with van der Waals surface area (Å²) >= 11 is 0. The van der Waals surface area contributed by atoms with Gasteiger partial charge in [-0.1, -0.05) is 0 Å². The molecule has 0 bridgehead atoms. The van der Waals surface area contributed by atoms with Crippen molar-refractivity contribution in [2.45, 2.75) is 0 Å². The average molecular weight is 147 g/mol. The van der Waals surface area contributed by atoms with E-state index in [9.17, 15) is 0 Å². The van der Waals surface area contributed by atoms with Crippen molar-refractivity contribution in [3.63, 3.8) is 0 Å². The van der Waals surface area contributed by atoms with Gasteiger partial charge in [-0.15, -0.1) is 10.1 Å². The van der Waals surface area contributed by atoms with Gasteiger partial charge in [0.2, 0.25) is 0 Å². The molecule has 0 rings (SSSR count). The minimum absolute atomic E-state index is 0. The van der Waals surface area contributed by atoms with Crippen LogP contribution in [0, 0.1) is 10.1 Å². The molecule has 0 radical (unpaired) electrons. The summed E-state index contributed by atoms with van der Waals surface area (Å²) in [5.41, 5.74) is 0. The van der Waals surface area contributed by atoms with Crippen LogP contribution in [-0.4, -0.2) is 91.2 Å². The van der Waals surface area contributed by atoms with E-state index in [2.05, 4.69) is 0 Å². The molecule has 0 saturated heterocycles. The Kier molecular flexibility index (Phi) is 52.0. The first-order valence-electron chi connectivity index (χ1n) is 0.565. The molecule has 7 heavy (non-hydrogen) atoms. The molecule has 7 heteroatoms. The van der Waals surface area contributed by atoms with E-state index in [1.165, 1.54) is 0 Å². The zero-order chi connectivity index (χ0) is 3.58. The Morgan fingerprint density at radius 1 is 1.57 bits per heavy atom. The molecule has 0 aliphatic rings. The van der Waals surface area contributed by atoms with Crippen molar-refractivity contribution in [2.24, 2.45) is 0 Å². The van der Waals surface area contributed by atoms with Crippen LogP contribution >= 0.6 is 0 Å². The van der Waals surface area contributed by atoms with Crippen LogP contribution < -0.4 is 0 Å². The van der Waals surface area contributed by atoms with E-state index in [0.717, 1.165) is 0 Å². The fourth-order valence-corrected chi connectivity index (χ4v) is 0. The van der Waals surface area contributed by atoms with Crippen LogP contribution in [0.1, 0.15) is 0 Å². The van der Waals surface area contributed by atoms with Gasteiger partial charge in [0.1, 0.15) is 0 Å². The molecule has 4 nitrogen and oxygen atoms in total. The average Bonchev–Trinajstić information content (AvgIpc) is 0.811. The van der Waals surface area contributed by atoms with Gasteiger partial charge < -0.3 is 5.21 Å². The molecule has 0 aliphatic heterocycles. The second-order valence-electron chi connectivity index (χ2n) is 0.238. The molecule has 0 fully saturated rings. The van der Waals surface area contributed by atoms with E-state index in [0.29, 0.717) is 0 Å². The Balaban J connectivity index is -0.0000000150. The molecule has 0 amide bonds. The van der Waals surface area contributed by atoms with Crippen molar-refractivity contribution in [3.8, 4) is 0 Å². The molecule has 1 N–H and O–H groups in total. The third-order valence-electron chi connectivity index (χ3n) is 0. The van der Waals surface area contributed by atoms with Crippen LogP contribution in [-0.2, 0) is 0 Å². The van der Waals surface area contributed by atoms with Crippen LogP contribution in [0.4, 0.5) is 4.70 Å². The van der Waals surface area contributed by atoms with Gasteiger partial charge >= 0.3 is 80.9 Å². The molecule has 0 aliphatic carbocycles. The monoisotopic (exact) mass is 147 g/mol. The van der Waals surface area contributed by atoms with Crippen LogP contribution in [0.5, 0.6) is 0 Å². The van der Waals surface area contributed by atoms with Crippen molar-refractivity contribution in [3.05, 3.63) is 10.1 Å².